The SMILES string of the molecule is N#CC1=C(N)Oc2ccc3ccc(=O)oc3c2C1c1c(Cl)cccc1Cl. The number of fused-ring (bicyclic) bond motifs is 3. The van der Waals surface area contributed by atoms with Crippen molar-refractivity contribution >= 4 is 34.2 Å². The molecule has 0 amide bonds. The third-order valence-electron chi connectivity index (χ3n) is 4.26. The standard InChI is InChI=1S/C19H10Cl2N2O3/c20-11-2-1-3-12(21)16(11)15-10(8-22)19(23)25-13-6-4-9-5-7-14(24)26-18(9)17(13)15/h1-7,15H,23H2. The number of hydrogen-bond donors (Lipinski definition) is 1. The molecule has 0 spiro atoms. The Morgan fingerprint density at radius 1 is 1.04 bits per heavy atom. The third kappa shape index (κ3) is 2.43. The van der Waals surface area contributed by atoms with Gasteiger partial charge in [0.25, 0.3) is 0 Å². The van der Waals surface area contributed by atoms with Crippen molar-refractivity contribution in [3.8, 4) is 11.8 Å². The summed E-state index contributed by atoms with van der Waals surface area (Å²) in [6, 6.07) is 13.5. The summed E-state index contributed by atoms with van der Waals surface area (Å²) in [6.07, 6.45) is 0. The smallest absolute Gasteiger partial charge is 0.336 e. The largest absolute Gasteiger partial charge is 0.440 e. The van der Waals surface area contributed by atoms with E-state index in [1.54, 1.807) is 36.4 Å². The number of allylic oxidation sites excluding steroid dienone is 1. The van der Waals surface area contributed by atoms with Crippen LogP contribution in [0.2, 0.25) is 10.0 Å². The maximum absolute atomic E-state index is 11.8. The molecule has 1 aliphatic rings. The molecule has 0 saturated carbocycles. The number of rotatable bonds is 1. The van der Waals surface area contributed by atoms with Crippen molar-refractivity contribution in [2.75, 3.05) is 0 Å². The van der Waals surface area contributed by atoms with Gasteiger partial charge in [0.05, 0.1) is 11.5 Å². The van der Waals surface area contributed by atoms with Gasteiger partial charge in [0.1, 0.15) is 23.0 Å². The van der Waals surface area contributed by atoms with E-state index in [0.29, 0.717) is 37.9 Å². The topological polar surface area (TPSA) is 89.3 Å². The Hall–Kier alpha value is -2.94. The van der Waals surface area contributed by atoms with E-state index in [2.05, 4.69) is 6.07 Å². The van der Waals surface area contributed by atoms with Gasteiger partial charge in [-0.1, -0.05) is 29.3 Å². The van der Waals surface area contributed by atoms with Crippen LogP contribution in [0.4, 0.5) is 0 Å². The number of halogens is 2. The lowest BCUT2D eigenvalue weighted by Crippen LogP contribution is -2.22. The monoisotopic (exact) mass is 384 g/mol. The molecule has 0 saturated heterocycles. The summed E-state index contributed by atoms with van der Waals surface area (Å²) in [5.41, 5.74) is 6.88. The Kier molecular flexibility index (Phi) is 3.87. The zero-order valence-electron chi connectivity index (χ0n) is 13.1. The van der Waals surface area contributed by atoms with Crippen LogP contribution in [-0.2, 0) is 0 Å². The summed E-state index contributed by atoms with van der Waals surface area (Å²) in [7, 11) is 0. The minimum atomic E-state index is -0.723. The molecule has 4 rings (SSSR count). The van der Waals surface area contributed by atoms with Crippen LogP contribution >= 0.6 is 23.2 Å². The molecule has 2 heterocycles. The minimum Gasteiger partial charge on any atom is -0.440 e. The second-order valence-electron chi connectivity index (χ2n) is 5.71. The van der Waals surface area contributed by atoms with Crippen molar-refractivity contribution in [1.29, 1.82) is 5.26 Å². The summed E-state index contributed by atoms with van der Waals surface area (Å²) >= 11 is 12.8. The fourth-order valence-electron chi connectivity index (χ4n) is 3.15. The van der Waals surface area contributed by atoms with E-state index >= 15 is 0 Å². The van der Waals surface area contributed by atoms with Gasteiger partial charge in [-0.3, -0.25) is 0 Å². The normalized spacial score (nSPS) is 16.1. The van der Waals surface area contributed by atoms with Gasteiger partial charge < -0.3 is 14.9 Å². The highest BCUT2D eigenvalue weighted by atomic mass is 35.5. The average Bonchev–Trinajstić information content (AvgIpc) is 2.61. The molecule has 0 fully saturated rings. The number of nitrogens with zero attached hydrogens (tertiary/aromatic N) is 1. The quantitative estimate of drug-likeness (QED) is 0.631. The van der Waals surface area contributed by atoms with Gasteiger partial charge in [0.15, 0.2) is 0 Å². The van der Waals surface area contributed by atoms with E-state index in [1.807, 2.05) is 0 Å². The molecule has 3 aromatic rings. The Morgan fingerprint density at radius 3 is 2.42 bits per heavy atom. The molecule has 26 heavy (non-hydrogen) atoms. The predicted octanol–water partition coefficient (Wildman–Crippen LogP) is 4.32. The summed E-state index contributed by atoms with van der Waals surface area (Å²) in [6.45, 7) is 0. The maximum Gasteiger partial charge on any atom is 0.336 e. The van der Waals surface area contributed by atoms with Crippen molar-refractivity contribution in [3.05, 3.63) is 85.5 Å². The number of benzene rings is 2. The second-order valence-corrected chi connectivity index (χ2v) is 6.52. The molecular formula is C19H10Cl2N2O3. The lowest BCUT2D eigenvalue weighted by Gasteiger charge is -2.28. The molecule has 2 aromatic carbocycles. The fourth-order valence-corrected chi connectivity index (χ4v) is 3.77. The lowest BCUT2D eigenvalue weighted by atomic mass is 9.82. The molecule has 0 bridgehead atoms. The van der Waals surface area contributed by atoms with E-state index < -0.39 is 11.5 Å². The number of ether oxygens (including phenoxy) is 1. The molecule has 1 atom stereocenters. The van der Waals surface area contributed by atoms with Crippen LogP contribution in [0.3, 0.4) is 0 Å². The number of nitrogens with two attached hydrogens (primary N) is 1. The van der Waals surface area contributed by atoms with Crippen molar-refractivity contribution in [1.82, 2.24) is 0 Å². The first kappa shape index (κ1) is 16.5. The Labute approximate surface area is 157 Å². The van der Waals surface area contributed by atoms with E-state index in [-0.39, 0.29) is 11.5 Å². The first-order chi connectivity index (χ1) is 12.5. The van der Waals surface area contributed by atoms with Crippen molar-refractivity contribution in [2.24, 2.45) is 5.73 Å². The summed E-state index contributed by atoms with van der Waals surface area (Å²) < 4.78 is 11.0. The van der Waals surface area contributed by atoms with Crippen LogP contribution in [0, 0.1) is 11.3 Å². The number of hydrogen-bond acceptors (Lipinski definition) is 5. The molecule has 0 aliphatic carbocycles. The predicted molar refractivity (Wildman–Crippen MR) is 98.2 cm³/mol. The van der Waals surface area contributed by atoms with Gasteiger partial charge >= 0.3 is 5.63 Å². The van der Waals surface area contributed by atoms with Crippen LogP contribution in [0.1, 0.15) is 17.0 Å². The van der Waals surface area contributed by atoms with Gasteiger partial charge in [-0.15, -0.1) is 0 Å². The van der Waals surface area contributed by atoms with E-state index in [1.165, 1.54) is 6.07 Å². The van der Waals surface area contributed by atoms with Gasteiger partial charge in [-0.2, -0.15) is 5.26 Å². The van der Waals surface area contributed by atoms with E-state index in [9.17, 15) is 10.1 Å². The van der Waals surface area contributed by atoms with Crippen LogP contribution in [0.5, 0.6) is 5.75 Å². The second kappa shape index (κ2) is 6.10. The Balaban J connectivity index is 2.15. The summed E-state index contributed by atoms with van der Waals surface area (Å²) in [4.78, 5) is 11.8. The van der Waals surface area contributed by atoms with Crippen molar-refractivity contribution < 1.29 is 9.15 Å². The molecule has 0 radical (unpaired) electrons. The van der Waals surface area contributed by atoms with Gasteiger partial charge in [-0.05, 0) is 30.3 Å². The van der Waals surface area contributed by atoms with E-state index in [0.717, 1.165) is 0 Å². The van der Waals surface area contributed by atoms with Crippen LogP contribution < -0.4 is 16.1 Å². The highest BCUT2D eigenvalue weighted by Gasteiger charge is 2.35. The maximum atomic E-state index is 11.8. The highest BCUT2D eigenvalue weighted by Crippen LogP contribution is 2.48. The van der Waals surface area contributed by atoms with E-state index in [4.69, 9.17) is 38.1 Å². The van der Waals surface area contributed by atoms with Crippen LogP contribution in [-0.4, -0.2) is 0 Å². The Bertz CT molecular complexity index is 1170. The zero-order valence-corrected chi connectivity index (χ0v) is 14.6. The lowest BCUT2D eigenvalue weighted by molar-refractivity contribution is 0.392. The highest BCUT2D eigenvalue weighted by molar-refractivity contribution is 6.36. The van der Waals surface area contributed by atoms with Gasteiger partial charge in [-0.25, -0.2) is 4.79 Å². The molecule has 128 valence electrons. The summed E-state index contributed by atoms with van der Waals surface area (Å²) in [5, 5.41) is 11.1. The zero-order chi connectivity index (χ0) is 18.4. The average molecular weight is 385 g/mol. The Morgan fingerprint density at radius 2 is 1.73 bits per heavy atom. The first-order valence-corrected chi connectivity index (χ1v) is 8.35. The molecule has 1 unspecified atom stereocenters. The molecule has 5 nitrogen and oxygen atoms in total. The van der Waals surface area contributed by atoms with Gasteiger partial charge in [0, 0.05) is 27.1 Å². The third-order valence-corrected chi connectivity index (χ3v) is 4.92. The summed E-state index contributed by atoms with van der Waals surface area (Å²) in [5.74, 6) is -0.387. The van der Waals surface area contributed by atoms with Crippen LogP contribution in [0.15, 0.2) is 63.1 Å². The molecule has 2 N–H and O–H groups in total. The fraction of sp³-hybridized carbons (Fsp3) is 0.0526. The number of nitriles is 1. The molecule has 7 heteroatoms. The first-order valence-electron chi connectivity index (χ1n) is 7.59. The molecule has 1 aliphatic heterocycles. The van der Waals surface area contributed by atoms with Gasteiger partial charge in [0.2, 0.25) is 5.88 Å². The molecule has 1 aromatic heterocycles. The van der Waals surface area contributed by atoms with Crippen LogP contribution in [0.25, 0.3) is 11.0 Å². The van der Waals surface area contributed by atoms with Crippen molar-refractivity contribution in [3.63, 3.8) is 0 Å². The minimum absolute atomic E-state index is 0.0429. The van der Waals surface area contributed by atoms with Crippen molar-refractivity contribution in [2.45, 2.75) is 5.92 Å². The molecular weight excluding hydrogens is 375 g/mol.